The zero-order chi connectivity index (χ0) is 20.8. The molecule has 0 saturated heterocycles. The summed E-state index contributed by atoms with van der Waals surface area (Å²) in [4.78, 5) is 18.5. The summed E-state index contributed by atoms with van der Waals surface area (Å²) in [5.41, 5.74) is 0. The van der Waals surface area contributed by atoms with Crippen molar-refractivity contribution in [2.45, 2.75) is 83.5 Å². The Labute approximate surface area is 156 Å². The maximum atomic E-state index is 9.25. The van der Waals surface area contributed by atoms with Crippen molar-refractivity contribution < 1.29 is 35.1 Å². The van der Waals surface area contributed by atoms with Crippen LogP contribution in [0.4, 0.5) is 0 Å². The first-order valence-electron chi connectivity index (χ1n) is 8.98. The Morgan fingerprint density at radius 2 is 1.00 bits per heavy atom. The van der Waals surface area contributed by atoms with Crippen LogP contribution < -0.4 is 0 Å². The van der Waals surface area contributed by atoms with E-state index < -0.39 is 17.9 Å². The highest BCUT2D eigenvalue weighted by Crippen LogP contribution is 2.13. The maximum absolute atomic E-state index is 9.25. The van der Waals surface area contributed by atoms with Gasteiger partial charge in [0.25, 0.3) is 5.97 Å². The van der Waals surface area contributed by atoms with Crippen LogP contribution in [0.25, 0.3) is 0 Å². The van der Waals surface area contributed by atoms with E-state index in [1.807, 2.05) is 0 Å². The third kappa shape index (κ3) is 43.2. The molecule has 0 aromatic heterocycles. The smallest absolute Gasteiger partial charge is 0.327 e. The van der Waals surface area contributed by atoms with Crippen LogP contribution in [0.5, 0.6) is 0 Å². The van der Waals surface area contributed by atoms with Gasteiger partial charge in [0.2, 0.25) is 0 Å². The monoisotopic (exact) mass is 376 g/mol. The van der Waals surface area contributed by atoms with E-state index >= 15 is 0 Å². The van der Waals surface area contributed by atoms with Crippen LogP contribution in [-0.4, -0.2) is 43.4 Å². The fourth-order valence-electron chi connectivity index (χ4n) is 1.85. The Morgan fingerprint density at radius 3 is 1.23 bits per heavy atom. The Morgan fingerprint density at radius 1 is 0.731 bits per heavy atom. The molecule has 0 fully saturated rings. The maximum Gasteiger partial charge on any atom is 0.327 e. The van der Waals surface area contributed by atoms with Crippen LogP contribution in [0, 0.1) is 0 Å². The van der Waals surface area contributed by atoms with E-state index in [0.29, 0.717) is 6.42 Å². The Hall–Kier alpha value is -1.70. The van der Waals surface area contributed by atoms with Crippen molar-refractivity contribution >= 4 is 11.9 Å². The molecule has 26 heavy (non-hydrogen) atoms. The molecule has 0 amide bonds. The normalized spacial score (nSPS) is 9.85. The largest absolute Gasteiger partial charge is 0.478 e. The van der Waals surface area contributed by atoms with Crippen molar-refractivity contribution in [2.24, 2.45) is 0 Å². The molecule has 0 aromatic rings. The SMILES string of the molecule is C=CC(=O)O.C=CC(=O)O.CCCCCCCCCCCCC(O)(O)O. The molecule has 0 aliphatic carbocycles. The van der Waals surface area contributed by atoms with Gasteiger partial charge in [-0.15, -0.1) is 0 Å². The van der Waals surface area contributed by atoms with Crippen molar-refractivity contribution in [3.63, 3.8) is 0 Å². The van der Waals surface area contributed by atoms with Crippen LogP contribution in [0.2, 0.25) is 0 Å². The third-order valence-electron chi connectivity index (χ3n) is 3.21. The molecule has 0 aromatic carbocycles. The minimum atomic E-state index is -2.46. The Kier molecular flexibility index (Phi) is 23.9. The summed E-state index contributed by atoms with van der Waals surface area (Å²) in [5.74, 6) is -4.42. The molecule has 0 radical (unpaired) electrons. The fourth-order valence-corrected chi connectivity index (χ4v) is 1.85. The van der Waals surface area contributed by atoms with Gasteiger partial charge < -0.3 is 25.5 Å². The molecule has 0 unspecified atom stereocenters. The van der Waals surface area contributed by atoms with Gasteiger partial charge in [0.15, 0.2) is 0 Å². The van der Waals surface area contributed by atoms with Crippen molar-refractivity contribution in [3.8, 4) is 0 Å². The van der Waals surface area contributed by atoms with Gasteiger partial charge in [-0.2, -0.15) is 0 Å². The lowest BCUT2D eigenvalue weighted by atomic mass is 10.1. The number of hydrogen-bond acceptors (Lipinski definition) is 5. The van der Waals surface area contributed by atoms with Crippen LogP contribution >= 0.6 is 0 Å². The summed E-state index contributed by atoms with van der Waals surface area (Å²) in [5, 5.41) is 41.2. The van der Waals surface area contributed by atoms with E-state index in [1.54, 1.807) is 0 Å². The second-order valence-corrected chi connectivity index (χ2v) is 5.79. The average Bonchev–Trinajstić information content (AvgIpc) is 2.56. The van der Waals surface area contributed by atoms with E-state index in [0.717, 1.165) is 25.0 Å². The van der Waals surface area contributed by atoms with Gasteiger partial charge >= 0.3 is 11.9 Å². The molecule has 0 aliphatic heterocycles. The summed E-state index contributed by atoms with van der Waals surface area (Å²) in [6.07, 6.45) is 13.7. The molecule has 0 aliphatic rings. The molecule has 7 heteroatoms. The first kappa shape index (κ1) is 29.1. The highest BCUT2D eigenvalue weighted by molar-refractivity contribution is 5.79. The Balaban J connectivity index is -0.000000433. The van der Waals surface area contributed by atoms with Crippen LogP contribution in [0.15, 0.2) is 25.3 Å². The molecular weight excluding hydrogens is 340 g/mol. The van der Waals surface area contributed by atoms with Crippen molar-refractivity contribution in [3.05, 3.63) is 25.3 Å². The predicted molar refractivity (Wildman–Crippen MR) is 102 cm³/mol. The van der Waals surface area contributed by atoms with Gasteiger partial charge in [-0.1, -0.05) is 77.9 Å². The number of aliphatic hydroxyl groups is 3. The molecule has 0 heterocycles. The summed E-state index contributed by atoms with van der Waals surface area (Å²) in [6, 6.07) is 0. The number of carboxylic acid groups (broad SMARTS) is 2. The van der Waals surface area contributed by atoms with Gasteiger partial charge in [-0.05, 0) is 6.42 Å². The van der Waals surface area contributed by atoms with Crippen LogP contribution in [0.3, 0.4) is 0 Å². The second-order valence-electron chi connectivity index (χ2n) is 5.79. The molecule has 0 rings (SSSR count). The molecule has 0 spiro atoms. The molecule has 0 saturated carbocycles. The minimum Gasteiger partial charge on any atom is -0.478 e. The van der Waals surface area contributed by atoms with E-state index in [4.69, 9.17) is 25.5 Å². The fraction of sp³-hybridized carbons (Fsp3) is 0.684. The highest BCUT2D eigenvalue weighted by atomic mass is 16.7. The number of rotatable bonds is 13. The van der Waals surface area contributed by atoms with Gasteiger partial charge in [-0.25, -0.2) is 9.59 Å². The van der Waals surface area contributed by atoms with E-state index in [1.165, 1.54) is 44.9 Å². The highest BCUT2D eigenvalue weighted by Gasteiger charge is 2.16. The lowest BCUT2D eigenvalue weighted by molar-refractivity contribution is -0.315. The molecular formula is C19H36O7. The lowest BCUT2D eigenvalue weighted by Gasteiger charge is -2.12. The van der Waals surface area contributed by atoms with E-state index in [9.17, 15) is 9.59 Å². The minimum absolute atomic E-state index is 0.0590. The molecule has 7 nitrogen and oxygen atoms in total. The van der Waals surface area contributed by atoms with Crippen LogP contribution in [0.1, 0.15) is 77.6 Å². The number of unbranched alkanes of at least 4 members (excludes halogenated alkanes) is 9. The topological polar surface area (TPSA) is 135 Å². The molecule has 0 bridgehead atoms. The zero-order valence-electron chi connectivity index (χ0n) is 15.9. The van der Waals surface area contributed by atoms with Crippen molar-refractivity contribution in [2.75, 3.05) is 0 Å². The summed E-state index contributed by atoms with van der Waals surface area (Å²) in [7, 11) is 0. The standard InChI is InChI=1S/C13H28O3.2C3H4O2/c1-2-3-4-5-6-7-8-9-10-11-12-13(14,15)16;2*1-2-3(4)5/h14-16H,2-12H2,1H3;2*2H,1H2,(H,4,5). The van der Waals surface area contributed by atoms with E-state index in [-0.39, 0.29) is 6.42 Å². The molecule has 5 N–H and O–H groups in total. The number of hydrogen-bond donors (Lipinski definition) is 5. The van der Waals surface area contributed by atoms with Crippen molar-refractivity contribution in [1.29, 1.82) is 0 Å². The second kappa shape index (κ2) is 21.3. The lowest BCUT2D eigenvalue weighted by Crippen LogP contribution is -2.26. The van der Waals surface area contributed by atoms with Gasteiger partial charge in [-0.3, -0.25) is 0 Å². The molecule has 154 valence electrons. The number of aliphatic carboxylic acids is 2. The summed E-state index contributed by atoms with van der Waals surface area (Å²) < 4.78 is 0. The van der Waals surface area contributed by atoms with Gasteiger partial charge in [0.05, 0.1) is 0 Å². The van der Waals surface area contributed by atoms with Gasteiger partial charge in [0.1, 0.15) is 0 Å². The van der Waals surface area contributed by atoms with Crippen molar-refractivity contribution in [1.82, 2.24) is 0 Å². The zero-order valence-corrected chi connectivity index (χ0v) is 15.9. The third-order valence-corrected chi connectivity index (χ3v) is 3.21. The molecule has 0 atom stereocenters. The quantitative estimate of drug-likeness (QED) is 0.189. The first-order chi connectivity index (χ1) is 12.1. The van der Waals surface area contributed by atoms with Crippen LogP contribution in [-0.2, 0) is 9.59 Å². The first-order valence-corrected chi connectivity index (χ1v) is 8.98. The number of carboxylic acids is 2. The summed E-state index contributed by atoms with van der Waals surface area (Å²) in [6.45, 7) is 8.15. The summed E-state index contributed by atoms with van der Waals surface area (Å²) >= 11 is 0. The predicted octanol–water partition coefficient (Wildman–Crippen LogP) is 3.44. The van der Waals surface area contributed by atoms with Gasteiger partial charge in [0, 0.05) is 18.6 Å². The number of carbonyl (C=O) groups is 2. The average molecular weight is 376 g/mol. The Bertz CT molecular complexity index is 341. The van der Waals surface area contributed by atoms with E-state index in [2.05, 4.69) is 20.1 Å².